The Hall–Kier alpha value is -2.35. The minimum atomic E-state index is 0.0977. The minimum Gasteiger partial charge on any atom is -0.361 e. The highest BCUT2D eigenvalue weighted by Crippen LogP contribution is 2.28. The summed E-state index contributed by atoms with van der Waals surface area (Å²) in [4.78, 5) is 14.5. The Kier molecular flexibility index (Phi) is 2.49. The van der Waals surface area contributed by atoms with Gasteiger partial charge in [-0.3, -0.25) is 4.79 Å². The molecule has 88 valence electrons. The number of para-hydroxylation sites is 1. The Morgan fingerprint density at radius 1 is 1.00 bits per heavy atom. The smallest absolute Gasteiger partial charge is 0.159 e. The van der Waals surface area contributed by atoms with Crippen LogP contribution in [0.4, 0.5) is 0 Å². The van der Waals surface area contributed by atoms with Crippen LogP contribution in [0.3, 0.4) is 0 Å². The van der Waals surface area contributed by atoms with Crippen molar-refractivity contribution >= 4 is 16.7 Å². The summed E-state index contributed by atoms with van der Waals surface area (Å²) >= 11 is 0. The number of carbonyl (C=O) groups excluding carboxylic acids is 1. The van der Waals surface area contributed by atoms with Crippen molar-refractivity contribution in [2.45, 2.75) is 6.92 Å². The van der Waals surface area contributed by atoms with Crippen molar-refractivity contribution in [2.24, 2.45) is 0 Å². The molecule has 0 aliphatic heterocycles. The number of rotatable bonds is 2. The number of aromatic amines is 1. The number of nitrogens with one attached hydrogen (secondary N) is 1. The summed E-state index contributed by atoms with van der Waals surface area (Å²) in [5.41, 5.74) is 4.17. The zero-order valence-corrected chi connectivity index (χ0v) is 10.1. The van der Waals surface area contributed by atoms with Gasteiger partial charge in [0.2, 0.25) is 0 Å². The van der Waals surface area contributed by atoms with Gasteiger partial charge in [0.1, 0.15) is 0 Å². The Morgan fingerprint density at radius 3 is 2.44 bits per heavy atom. The highest BCUT2D eigenvalue weighted by atomic mass is 16.1. The van der Waals surface area contributed by atoms with Gasteiger partial charge in [0.05, 0.1) is 0 Å². The molecule has 0 saturated heterocycles. The maximum atomic E-state index is 11.2. The van der Waals surface area contributed by atoms with Gasteiger partial charge in [-0.15, -0.1) is 0 Å². The molecular formula is C16H13NO. The van der Waals surface area contributed by atoms with E-state index in [1.165, 1.54) is 10.9 Å². The van der Waals surface area contributed by atoms with Gasteiger partial charge in [-0.05, 0) is 18.6 Å². The van der Waals surface area contributed by atoms with Crippen LogP contribution in [0.25, 0.3) is 22.0 Å². The van der Waals surface area contributed by atoms with Crippen molar-refractivity contribution in [3.8, 4) is 11.1 Å². The number of benzene rings is 2. The van der Waals surface area contributed by atoms with Crippen LogP contribution in [0.2, 0.25) is 0 Å². The summed E-state index contributed by atoms with van der Waals surface area (Å²) < 4.78 is 0. The maximum Gasteiger partial charge on any atom is 0.159 e. The fraction of sp³-hybridized carbons (Fsp3) is 0.0625. The summed E-state index contributed by atoms with van der Waals surface area (Å²) in [7, 11) is 0. The molecule has 0 bridgehead atoms. The van der Waals surface area contributed by atoms with Crippen molar-refractivity contribution in [2.75, 3.05) is 0 Å². The predicted octanol–water partition coefficient (Wildman–Crippen LogP) is 4.04. The van der Waals surface area contributed by atoms with E-state index in [2.05, 4.69) is 17.1 Å². The van der Waals surface area contributed by atoms with E-state index in [1.807, 2.05) is 42.6 Å². The van der Waals surface area contributed by atoms with Gasteiger partial charge in [-0.25, -0.2) is 0 Å². The molecule has 0 aliphatic carbocycles. The fourth-order valence-electron chi connectivity index (χ4n) is 2.19. The van der Waals surface area contributed by atoms with E-state index in [1.54, 1.807) is 6.92 Å². The topological polar surface area (TPSA) is 32.9 Å². The molecule has 18 heavy (non-hydrogen) atoms. The Balaban J connectivity index is 2.12. The van der Waals surface area contributed by atoms with E-state index in [9.17, 15) is 4.79 Å². The quantitative estimate of drug-likeness (QED) is 0.668. The van der Waals surface area contributed by atoms with Gasteiger partial charge in [-0.2, -0.15) is 0 Å². The first-order valence-electron chi connectivity index (χ1n) is 5.93. The first-order valence-corrected chi connectivity index (χ1v) is 5.93. The Bertz CT molecular complexity index is 707. The third-order valence-electron chi connectivity index (χ3n) is 3.19. The molecule has 0 saturated carbocycles. The molecule has 2 aromatic carbocycles. The average Bonchev–Trinajstić information content (AvgIpc) is 2.82. The maximum absolute atomic E-state index is 11.2. The average molecular weight is 235 g/mol. The molecule has 3 rings (SSSR count). The highest BCUT2D eigenvalue weighted by molar-refractivity contribution is 5.97. The first kappa shape index (κ1) is 10.8. The number of Topliss-reactive ketones (excluding diaryl/α,β-unsaturated/α-hetero) is 1. The van der Waals surface area contributed by atoms with Crippen LogP contribution in [0.1, 0.15) is 17.3 Å². The number of fused-ring (bicyclic) bond motifs is 1. The summed E-state index contributed by atoms with van der Waals surface area (Å²) in [6, 6.07) is 15.9. The Morgan fingerprint density at radius 2 is 1.72 bits per heavy atom. The lowest BCUT2D eigenvalue weighted by Gasteiger charge is -2.01. The Labute approximate surface area is 105 Å². The summed E-state index contributed by atoms with van der Waals surface area (Å²) in [6.07, 6.45) is 2.01. The summed E-state index contributed by atoms with van der Waals surface area (Å²) in [6.45, 7) is 1.58. The molecule has 0 aliphatic rings. The molecule has 0 unspecified atom stereocenters. The van der Waals surface area contributed by atoms with Crippen LogP contribution < -0.4 is 0 Å². The third-order valence-corrected chi connectivity index (χ3v) is 3.19. The van der Waals surface area contributed by atoms with Crippen LogP contribution in [0, 0.1) is 0 Å². The first-order chi connectivity index (χ1) is 8.75. The fourth-order valence-corrected chi connectivity index (χ4v) is 2.19. The van der Waals surface area contributed by atoms with Crippen LogP contribution in [0.15, 0.2) is 54.7 Å². The van der Waals surface area contributed by atoms with Gasteiger partial charge in [0.25, 0.3) is 0 Å². The third kappa shape index (κ3) is 1.72. The van der Waals surface area contributed by atoms with Crippen molar-refractivity contribution in [3.63, 3.8) is 0 Å². The van der Waals surface area contributed by atoms with Crippen LogP contribution in [-0.4, -0.2) is 10.8 Å². The molecule has 2 nitrogen and oxygen atoms in total. The van der Waals surface area contributed by atoms with Crippen molar-refractivity contribution in [3.05, 3.63) is 60.3 Å². The molecule has 0 fully saturated rings. The molecule has 2 heteroatoms. The number of aromatic nitrogens is 1. The van der Waals surface area contributed by atoms with E-state index in [4.69, 9.17) is 0 Å². The molecule has 0 radical (unpaired) electrons. The van der Waals surface area contributed by atoms with E-state index < -0.39 is 0 Å². The molecular weight excluding hydrogens is 222 g/mol. The summed E-state index contributed by atoms with van der Waals surface area (Å²) in [5, 5.41) is 1.20. The molecule has 0 amide bonds. The number of hydrogen-bond acceptors (Lipinski definition) is 1. The van der Waals surface area contributed by atoms with E-state index >= 15 is 0 Å². The number of ketones is 1. The number of carbonyl (C=O) groups is 1. The predicted molar refractivity (Wildman–Crippen MR) is 73.7 cm³/mol. The van der Waals surface area contributed by atoms with Gasteiger partial charge in [0, 0.05) is 28.2 Å². The molecule has 1 heterocycles. The van der Waals surface area contributed by atoms with Gasteiger partial charge < -0.3 is 4.98 Å². The molecule has 0 spiro atoms. The zero-order valence-electron chi connectivity index (χ0n) is 10.1. The van der Waals surface area contributed by atoms with Crippen molar-refractivity contribution < 1.29 is 4.79 Å². The van der Waals surface area contributed by atoms with E-state index in [0.29, 0.717) is 0 Å². The second-order valence-corrected chi connectivity index (χ2v) is 4.38. The van der Waals surface area contributed by atoms with Gasteiger partial charge in [0.15, 0.2) is 5.78 Å². The zero-order chi connectivity index (χ0) is 12.5. The molecule has 1 aromatic heterocycles. The van der Waals surface area contributed by atoms with Crippen LogP contribution >= 0.6 is 0 Å². The molecule has 3 aromatic rings. The van der Waals surface area contributed by atoms with Crippen molar-refractivity contribution in [1.82, 2.24) is 4.98 Å². The number of H-pyrrole nitrogens is 1. The normalized spacial score (nSPS) is 10.7. The van der Waals surface area contributed by atoms with Gasteiger partial charge in [-0.1, -0.05) is 42.5 Å². The monoisotopic (exact) mass is 235 g/mol. The highest BCUT2D eigenvalue weighted by Gasteiger charge is 2.06. The van der Waals surface area contributed by atoms with E-state index in [-0.39, 0.29) is 5.78 Å². The SMILES string of the molecule is CC(=O)c1ccc(-c2c[nH]c3ccccc23)cc1. The lowest BCUT2D eigenvalue weighted by atomic mass is 10.0. The molecule has 1 N–H and O–H groups in total. The molecule has 0 atom stereocenters. The van der Waals surface area contributed by atoms with E-state index in [0.717, 1.165) is 16.6 Å². The second-order valence-electron chi connectivity index (χ2n) is 4.38. The lowest BCUT2D eigenvalue weighted by Crippen LogP contribution is -1.90. The van der Waals surface area contributed by atoms with Gasteiger partial charge >= 0.3 is 0 Å². The summed E-state index contributed by atoms with van der Waals surface area (Å²) in [5.74, 6) is 0.0977. The largest absolute Gasteiger partial charge is 0.361 e. The minimum absolute atomic E-state index is 0.0977. The standard InChI is InChI=1S/C16H13NO/c1-11(18)12-6-8-13(9-7-12)15-10-17-16-5-3-2-4-14(15)16/h2-10,17H,1H3. The van der Waals surface area contributed by atoms with Crippen molar-refractivity contribution in [1.29, 1.82) is 0 Å². The number of hydrogen-bond donors (Lipinski definition) is 1. The van der Waals surface area contributed by atoms with Crippen LogP contribution in [-0.2, 0) is 0 Å². The second kappa shape index (κ2) is 4.15. The lowest BCUT2D eigenvalue weighted by molar-refractivity contribution is 0.101. The van der Waals surface area contributed by atoms with Crippen LogP contribution in [0.5, 0.6) is 0 Å².